The lowest BCUT2D eigenvalue weighted by atomic mass is 9.87. The SMILES string of the molecule is COc1ccc(/C=N/NC(=O)c2ccc(NC(=O)c3ccc(C(C)(C)C)cc3)cc2)cc1O. The summed E-state index contributed by atoms with van der Waals surface area (Å²) in [6.45, 7) is 6.36. The highest BCUT2D eigenvalue weighted by Gasteiger charge is 2.14. The van der Waals surface area contributed by atoms with E-state index in [4.69, 9.17) is 4.74 Å². The second-order valence-electron chi connectivity index (χ2n) is 8.49. The molecule has 0 radical (unpaired) electrons. The van der Waals surface area contributed by atoms with Crippen LogP contribution in [-0.4, -0.2) is 30.2 Å². The number of hydrogen-bond acceptors (Lipinski definition) is 5. The third-order valence-electron chi connectivity index (χ3n) is 5.00. The fourth-order valence-corrected chi connectivity index (χ4v) is 3.05. The van der Waals surface area contributed by atoms with Crippen LogP contribution in [0.3, 0.4) is 0 Å². The largest absolute Gasteiger partial charge is 0.504 e. The molecule has 3 aromatic carbocycles. The van der Waals surface area contributed by atoms with Gasteiger partial charge in [-0.15, -0.1) is 0 Å². The molecule has 0 fully saturated rings. The standard InChI is InChI=1S/C26H27N3O4/c1-26(2,3)20-10-6-18(7-11-20)24(31)28-21-12-8-19(9-13-21)25(32)29-27-16-17-5-14-23(33-4)22(30)15-17/h5-16,30H,1-4H3,(H,28,31)(H,29,32)/b27-16+. The Balaban J connectivity index is 1.57. The van der Waals surface area contributed by atoms with Crippen molar-refractivity contribution in [3.05, 3.63) is 89.0 Å². The van der Waals surface area contributed by atoms with E-state index in [0.717, 1.165) is 5.56 Å². The fraction of sp³-hybridized carbons (Fsp3) is 0.192. The van der Waals surface area contributed by atoms with Gasteiger partial charge in [-0.05, 0) is 71.1 Å². The maximum Gasteiger partial charge on any atom is 0.271 e. The van der Waals surface area contributed by atoms with Gasteiger partial charge in [0.2, 0.25) is 0 Å². The molecule has 3 rings (SSSR count). The zero-order valence-electron chi connectivity index (χ0n) is 19.0. The number of amides is 2. The second kappa shape index (κ2) is 9.99. The number of anilines is 1. The molecule has 0 heterocycles. The minimum atomic E-state index is -0.403. The van der Waals surface area contributed by atoms with Gasteiger partial charge in [-0.2, -0.15) is 5.10 Å². The van der Waals surface area contributed by atoms with Crippen LogP contribution in [0.25, 0.3) is 0 Å². The number of hydrogen-bond donors (Lipinski definition) is 3. The maximum absolute atomic E-state index is 12.5. The second-order valence-corrected chi connectivity index (χ2v) is 8.49. The normalized spacial score (nSPS) is 11.3. The first-order valence-electron chi connectivity index (χ1n) is 10.4. The number of phenols is 1. The van der Waals surface area contributed by atoms with Gasteiger partial charge in [0.05, 0.1) is 13.3 Å². The van der Waals surface area contributed by atoms with E-state index in [9.17, 15) is 14.7 Å². The predicted octanol–water partition coefficient (Wildman–Crippen LogP) is 4.71. The van der Waals surface area contributed by atoms with Gasteiger partial charge in [0, 0.05) is 16.8 Å². The number of hydrazone groups is 1. The molecule has 0 atom stereocenters. The molecule has 33 heavy (non-hydrogen) atoms. The molecule has 0 unspecified atom stereocenters. The molecule has 0 aliphatic heterocycles. The van der Waals surface area contributed by atoms with Crippen molar-refractivity contribution in [2.75, 3.05) is 12.4 Å². The van der Waals surface area contributed by atoms with Gasteiger partial charge >= 0.3 is 0 Å². The van der Waals surface area contributed by atoms with Crippen molar-refractivity contribution in [3.63, 3.8) is 0 Å². The Morgan fingerprint density at radius 1 is 0.909 bits per heavy atom. The van der Waals surface area contributed by atoms with Crippen LogP contribution in [0.2, 0.25) is 0 Å². The summed E-state index contributed by atoms with van der Waals surface area (Å²) in [5.74, 6) is -0.291. The van der Waals surface area contributed by atoms with E-state index >= 15 is 0 Å². The van der Waals surface area contributed by atoms with Crippen molar-refractivity contribution in [3.8, 4) is 11.5 Å². The molecule has 0 saturated carbocycles. The Hall–Kier alpha value is -4.13. The summed E-state index contributed by atoms with van der Waals surface area (Å²) >= 11 is 0. The predicted molar refractivity (Wildman–Crippen MR) is 129 cm³/mol. The summed E-state index contributed by atoms with van der Waals surface area (Å²) in [5.41, 5.74) is 5.72. The first kappa shape index (κ1) is 23.5. The first-order chi connectivity index (χ1) is 15.7. The Kier molecular flexibility index (Phi) is 7.13. The van der Waals surface area contributed by atoms with Gasteiger partial charge in [-0.25, -0.2) is 5.43 Å². The molecule has 7 nitrogen and oxygen atoms in total. The van der Waals surface area contributed by atoms with Crippen molar-refractivity contribution in [2.24, 2.45) is 5.10 Å². The summed E-state index contributed by atoms with van der Waals surface area (Å²) in [6.07, 6.45) is 1.41. The highest BCUT2D eigenvalue weighted by Crippen LogP contribution is 2.25. The zero-order valence-corrected chi connectivity index (χ0v) is 19.0. The van der Waals surface area contributed by atoms with Crippen LogP contribution in [0.15, 0.2) is 71.8 Å². The van der Waals surface area contributed by atoms with Crippen molar-refractivity contribution in [1.82, 2.24) is 5.43 Å². The van der Waals surface area contributed by atoms with E-state index in [-0.39, 0.29) is 17.1 Å². The smallest absolute Gasteiger partial charge is 0.271 e. The number of carbonyl (C=O) groups excluding carboxylic acids is 2. The lowest BCUT2D eigenvalue weighted by Crippen LogP contribution is -2.18. The highest BCUT2D eigenvalue weighted by atomic mass is 16.5. The summed E-state index contributed by atoms with van der Waals surface area (Å²) in [4.78, 5) is 24.8. The molecule has 170 valence electrons. The topological polar surface area (TPSA) is 100 Å². The molecular weight excluding hydrogens is 418 g/mol. The van der Waals surface area contributed by atoms with Crippen LogP contribution in [0, 0.1) is 0 Å². The number of benzene rings is 3. The van der Waals surface area contributed by atoms with E-state index < -0.39 is 5.91 Å². The van der Waals surface area contributed by atoms with Crippen LogP contribution in [0.1, 0.15) is 52.6 Å². The number of ether oxygens (including phenoxy) is 1. The van der Waals surface area contributed by atoms with Crippen molar-refractivity contribution < 1.29 is 19.4 Å². The molecule has 3 N–H and O–H groups in total. The van der Waals surface area contributed by atoms with Gasteiger partial charge in [-0.1, -0.05) is 32.9 Å². The number of carbonyl (C=O) groups is 2. The Labute approximate surface area is 193 Å². The highest BCUT2D eigenvalue weighted by molar-refractivity contribution is 6.04. The van der Waals surface area contributed by atoms with E-state index in [1.165, 1.54) is 19.4 Å². The Morgan fingerprint density at radius 3 is 2.09 bits per heavy atom. The zero-order chi connectivity index (χ0) is 24.0. The number of methoxy groups -OCH3 is 1. The summed E-state index contributed by atoms with van der Waals surface area (Å²) in [7, 11) is 1.46. The molecule has 0 bridgehead atoms. The quantitative estimate of drug-likeness (QED) is 0.378. The summed E-state index contributed by atoms with van der Waals surface area (Å²) < 4.78 is 4.99. The fourth-order valence-electron chi connectivity index (χ4n) is 3.05. The van der Waals surface area contributed by atoms with E-state index in [0.29, 0.717) is 28.1 Å². The van der Waals surface area contributed by atoms with E-state index in [1.807, 2.05) is 12.1 Å². The van der Waals surface area contributed by atoms with Crippen LogP contribution in [0.5, 0.6) is 11.5 Å². The van der Waals surface area contributed by atoms with Crippen LogP contribution in [0.4, 0.5) is 5.69 Å². The van der Waals surface area contributed by atoms with Gasteiger partial charge in [0.1, 0.15) is 0 Å². The van der Waals surface area contributed by atoms with E-state index in [2.05, 4.69) is 36.6 Å². The lowest BCUT2D eigenvalue weighted by Gasteiger charge is -2.19. The van der Waals surface area contributed by atoms with Crippen LogP contribution >= 0.6 is 0 Å². The van der Waals surface area contributed by atoms with Crippen LogP contribution < -0.4 is 15.5 Å². The molecule has 0 saturated heterocycles. The number of phenolic OH excluding ortho intramolecular Hbond substituents is 1. The van der Waals surface area contributed by atoms with Crippen molar-refractivity contribution in [2.45, 2.75) is 26.2 Å². The molecule has 3 aromatic rings. The van der Waals surface area contributed by atoms with Gasteiger partial charge in [-0.3, -0.25) is 9.59 Å². The molecule has 0 aliphatic rings. The number of nitrogens with one attached hydrogen (secondary N) is 2. The minimum absolute atomic E-state index is 0.0180. The maximum atomic E-state index is 12.5. The van der Waals surface area contributed by atoms with E-state index in [1.54, 1.807) is 48.5 Å². The van der Waals surface area contributed by atoms with Gasteiger partial charge in [0.15, 0.2) is 11.5 Å². The van der Waals surface area contributed by atoms with Crippen molar-refractivity contribution >= 4 is 23.7 Å². The average molecular weight is 446 g/mol. The van der Waals surface area contributed by atoms with Crippen LogP contribution in [-0.2, 0) is 5.41 Å². The molecule has 7 heteroatoms. The number of aromatic hydroxyl groups is 1. The molecule has 0 aliphatic carbocycles. The number of nitrogens with zero attached hydrogens (tertiary/aromatic N) is 1. The first-order valence-corrected chi connectivity index (χ1v) is 10.4. The Morgan fingerprint density at radius 2 is 1.52 bits per heavy atom. The summed E-state index contributed by atoms with van der Waals surface area (Å²) in [6, 6.07) is 18.8. The molecule has 2 amide bonds. The third-order valence-corrected chi connectivity index (χ3v) is 5.00. The van der Waals surface area contributed by atoms with Gasteiger partial charge in [0.25, 0.3) is 11.8 Å². The number of rotatable bonds is 6. The summed E-state index contributed by atoms with van der Waals surface area (Å²) in [5, 5.41) is 16.5. The van der Waals surface area contributed by atoms with Crippen molar-refractivity contribution in [1.29, 1.82) is 0 Å². The minimum Gasteiger partial charge on any atom is -0.504 e. The monoisotopic (exact) mass is 445 g/mol. The lowest BCUT2D eigenvalue weighted by molar-refractivity contribution is 0.0954. The van der Waals surface area contributed by atoms with Gasteiger partial charge < -0.3 is 15.2 Å². The Bertz CT molecular complexity index is 1160. The average Bonchev–Trinajstić information content (AvgIpc) is 2.79. The molecular formula is C26H27N3O4. The molecule has 0 spiro atoms. The molecule has 0 aromatic heterocycles. The third kappa shape index (κ3) is 6.20.